The minimum atomic E-state index is -0.486. The quantitative estimate of drug-likeness (QED) is 0.610. The highest BCUT2D eigenvalue weighted by Gasteiger charge is 2.29. The Balaban J connectivity index is 2.18. The molecule has 1 aliphatic heterocycles. The summed E-state index contributed by atoms with van der Waals surface area (Å²) in [5.41, 5.74) is 0.565. The third-order valence-electron chi connectivity index (χ3n) is 3.79. The number of nitrogens with zero attached hydrogens (tertiary/aromatic N) is 2. The van der Waals surface area contributed by atoms with Gasteiger partial charge in [0.15, 0.2) is 0 Å². The molecule has 0 atom stereocenters. The summed E-state index contributed by atoms with van der Waals surface area (Å²) in [7, 11) is 0. The summed E-state index contributed by atoms with van der Waals surface area (Å²) in [6, 6.07) is 4.52. The van der Waals surface area contributed by atoms with E-state index < -0.39 is 4.92 Å². The topological polar surface area (TPSA) is 63.5 Å². The molecule has 5 nitrogen and oxygen atoms in total. The van der Waals surface area contributed by atoms with Crippen LogP contribution in [0.3, 0.4) is 0 Å². The summed E-state index contributed by atoms with van der Waals surface area (Å²) >= 11 is 3.12. The highest BCUT2D eigenvalue weighted by molar-refractivity contribution is 9.10. The van der Waals surface area contributed by atoms with E-state index in [1.54, 1.807) is 17.0 Å². The Labute approximate surface area is 126 Å². The average molecular weight is 341 g/mol. The number of nitro benzene ring substituents is 1. The van der Waals surface area contributed by atoms with Gasteiger partial charge in [-0.1, -0.05) is 13.8 Å². The maximum atomic E-state index is 12.4. The van der Waals surface area contributed by atoms with Crippen LogP contribution in [0.5, 0.6) is 0 Å². The van der Waals surface area contributed by atoms with Crippen molar-refractivity contribution < 1.29 is 9.72 Å². The van der Waals surface area contributed by atoms with Crippen molar-refractivity contribution in [2.45, 2.75) is 26.7 Å². The van der Waals surface area contributed by atoms with Gasteiger partial charge in [-0.3, -0.25) is 14.9 Å². The SMILES string of the molecule is CC1(C)CCN(C(=O)c2ccc(Br)c([N+](=O)[O-])c2)CC1. The molecule has 1 fully saturated rings. The van der Waals surface area contributed by atoms with Crippen molar-refractivity contribution in [3.63, 3.8) is 0 Å². The van der Waals surface area contributed by atoms with Crippen LogP contribution in [0, 0.1) is 15.5 Å². The molecule has 1 saturated heterocycles. The number of benzene rings is 1. The molecule has 0 aliphatic carbocycles. The predicted octanol–water partition coefficient (Wildman–Crippen LogP) is 3.62. The van der Waals surface area contributed by atoms with Gasteiger partial charge < -0.3 is 4.90 Å². The third-order valence-corrected chi connectivity index (χ3v) is 4.46. The van der Waals surface area contributed by atoms with Crippen LogP contribution >= 0.6 is 15.9 Å². The summed E-state index contributed by atoms with van der Waals surface area (Å²) < 4.78 is 0.388. The molecule has 2 rings (SSSR count). The van der Waals surface area contributed by atoms with E-state index in [2.05, 4.69) is 29.8 Å². The van der Waals surface area contributed by atoms with Crippen molar-refractivity contribution >= 4 is 27.5 Å². The van der Waals surface area contributed by atoms with Gasteiger partial charge in [0.1, 0.15) is 0 Å². The highest BCUT2D eigenvalue weighted by Crippen LogP contribution is 2.31. The fourth-order valence-corrected chi connectivity index (χ4v) is 2.67. The number of amides is 1. The zero-order valence-corrected chi connectivity index (χ0v) is 13.1. The lowest BCUT2D eigenvalue weighted by Crippen LogP contribution is -2.41. The van der Waals surface area contributed by atoms with Gasteiger partial charge >= 0.3 is 0 Å². The van der Waals surface area contributed by atoms with E-state index in [0.29, 0.717) is 23.1 Å². The lowest BCUT2D eigenvalue weighted by Gasteiger charge is -2.36. The zero-order chi connectivity index (χ0) is 14.9. The number of piperidine rings is 1. The summed E-state index contributed by atoms with van der Waals surface area (Å²) in [5, 5.41) is 10.9. The molecule has 0 saturated carbocycles. The maximum absolute atomic E-state index is 12.4. The van der Waals surface area contributed by atoms with Crippen LogP contribution < -0.4 is 0 Å². The van der Waals surface area contributed by atoms with Gasteiger partial charge in [0, 0.05) is 24.7 Å². The van der Waals surface area contributed by atoms with Crippen molar-refractivity contribution in [2.75, 3.05) is 13.1 Å². The van der Waals surface area contributed by atoms with E-state index in [1.807, 2.05) is 0 Å². The van der Waals surface area contributed by atoms with Crippen LogP contribution in [0.1, 0.15) is 37.0 Å². The van der Waals surface area contributed by atoms with E-state index in [4.69, 9.17) is 0 Å². The maximum Gasteiger partial charge on any atom is 0.284 e. The second kappa shape index (κ2) is 5.52. The second-order valence-electron chi connectivity index (χ2n) is 5.88. The van der Waals surface area contributed by atoms with Crippen LogP contribution in [0.2, 0.25) is 0 Å². The molecule has 1 aromatic carbocycles. The van der Waals surface area contributed by atoms with Crippen LogP contribution in [0.15, 0.2) is 22.7 Å². The van der Waals surface area contributed by atoms with Crippen LogP contribution in [0.4, 0.5) is 5.69 Å². The molecule has 1 aromatic rings. The van der Waals surface area contributed by atoms with E-state index in [-0.39, 0.29) is 17.0 Å². The number of halogens is 1. The number of carbonyl (C=O) groups is 1. The Bertz CT molecular complexity index is 547. The van der Waals surface area contributed by atoms with Crippen molar-refractivity contribution in [3.8, 4) is 0 Å². The molecule has 0 unspecified atom stereocenters. The lowest BCUT2D eigenvalue weighted by molar-refractivity contribution is -0.385. The molecular formula is C14H17BrN2O3. The van der Waals surface area contributed by atoms with Crippen LogP contribution in [-0.4, -0.2) is 28.8 Å². The van der Waals surface area contributed by atoms with Gasteiger partial charge in [0.2, 0.25) is 0 Å². The number of hydrogen-bond donors (Lipinski definition) is 0. The molecule has 0 radical (unpaired) electrons. The monoisotopic (exact) mass is 340 g/mol. The van der Waals surface area contributed by atoms with Gasteiger partial charge in [0.25, 0.3) is 11.6 Å². The Morgan fingerprint density at radius 1 is 1.35 bits per heavy atom. The van der Waals surface area contributed by atoms with Gasteiger partial charge in [-0.05, 0) is 46.3 Å². The fraction of sp³-hybridized carbons (Fsp3) is 0.500. The molecule has 0 N–H and O–H groups in total. The fourth-order valence-electron chi connectivity index (χ4n) is 2.28. The normalized spacial score (nSPS) is 17.9. The smallest absolute Gasteiger partial charge is 0.284 e. The van der Waals surface area contributed by atoms with Gasteiger partial charge in [0.05, 0.1) is 9.40 Å². The first-order chi connectivity index (χ1) is 9.30. The Kier molecular flexibility index (Phi) is 4.13. The molecule has 6 heteroatoms. The van der Waals surface area contributed by atoms with Crippen LogP contribution in [-0.2, 0) is 0 Å². The number of rotatable bonds is 2. The summed E-state index contributed by atoms with van der Waals surface area (Å²) in [5.74, 6) is -0.129. The van der Waals surface area contributed by atoms with Crippen molar-refractivity contribution in [1.29, 1.82) is 0 Å². The molecule has 108 valence electrons. The van der Waals surface area contributed by atoms with Gasteiger partial charge in [-0.2, -0.15) is 0 Å². The highest BCUT2D eigenvalue weighted by atomic mass is 79.9. The largest absolute Gasteiger partial charge is 0.339 e. The van der Waals surface area contributed by atoms with Crippen molar-refractivity contribution in [2.24, 2.45) is 5.41 Å². The third kappa shape index (κ3) is 3.17. The molecule has 1 aliphatic rings. The van der Waals surface area contributed by atoms with Crippen molar-refractivity contribution in [3.05, 3.63) is 38.3 Å². The Morgan fingerprint density at radius 3 is 2.50 bits per heavy atom. The first-order valence-corrected chi connectivity index (χ1v) is 7.33. The summed E-state index contributed by atoms with van der Waals surface area (Å²) in [6.45, 7) is 5.80. The summed E-state index contributed by atoms with van der Waals surface area (Å²) in [6.07, 6.45) is 1.91. The molecule has 0 spiro atoms. The summed E-state index contributed by atoms with van der Waals surface area (Å²) in [4.78, 5) is 24.6. The Hall–Kier alpha value is -1.43. The molecule has 0 aromatic heterocycles. The first kappa shape index (κ1) is 15.0. The molecule has 20 heavy (non-hydrogen) atoms. The molecule has 0 bridgehead atoms. The second-order valence-corrected chi connectivity index (χ2v) is 6.73. The number of carbonyl (C=O) groups excluding carboxylic acids is 1. The molecular weight excluding hydrogens is 324 g/mol. The molecule has 1 heterocycles. The van der Waals surface area contributed by atoms with E-state index in [9.17, 15) is 14.9 Å². The number of hydrogen-bond acceptors (Lipinski definition) is 3. The van der Waals surface area contributed by atoms with E-state index in [1.165, 1.54) is 6.07 Å². The average Bonchev–Trinajstić information content (AvgIpc) is 2.38. The van der Waals surface area contributed by atoms with E-state index in [0.717, 1.165) is 12.8 Å². The number of nitro groups is 1. The lowest BCUT2D eigenvalue weighted by atomic mass is 9.82. The van der Waals surface area contributed by atoms with E-state index >= 15 is 0 Å². The first-order valence-electron chi connectivity index (χ1n) is 6.53. The molecule has 1 amide bonds. The Morgan fingerprint density at radius 2 is 1.95 bits per heavy atom. The zero-order valence-electron chi connectivity index (χ0n) is 11.6. The minimum absolute atomic E-state index is 0.0758. The number of likely N-dealkylation sites (tertiary alicyclic amines) is 1. The predicted molar refractivity (Wildman–Crippen MR) is 79.7 cm³/mol. The van der Waals surface area contributed by atoms with Gasteiger partial charge in [-0.15, -0.1) is 0 Å². The standard InChI is InChI=1S/C14H17BrN2O3/c1-14(2)5-7-16(8-6-14)13(18)10-3-4-11(15)12(9-10)17(19)20/h3-4,9H,5-8H2,1-2H3. The minimum Gasteiger partial charge on any atom is -0.339 e. The van der Waals surface area contributed by atoms with Crippen LogP contribution in [0.25, 0.3) is 0 Å². The van der Waals surface area contributed by atoms with Crippen molar-refractivity contribution in [1.82, 2.24) is 4.90 Å². The van der Waals surface area contributed by atoms with Gasteiger partial charge in [-0.25, -0.2) is 0 Å².